The van der Waals surface area contributed by atoms with Crippen molar-refractivity contribution in [2.24, 2.45) is 7.05 Å². The lowest BCUT2D eigenvalue weighted by molar-refractivity contribution is -0.127. The number of benzene rings is 2. The molecule has 0 saturated carbocycles. The second-order valence-corrected chi connectivity index (χ2v) is 8.97. The van der Waals surface area contributed by atoms with Crippen LogP contribution in [0.25, 0.3) is 6.08 Å². The quantitative estimate of drug-likeness (QED) is 0.462. The Bertz CT molecular complexity index is 1190. The average molecular weight is 475 g/mol. The Kier molecular flexibility index (Phi) is 7.87. The SMILES string of the molecule is COc1ccc(/C=C/C(=O)N2CCN(Cc3cn(C)nc3C)CC2)cc1COc1ccccc1C. The van der Waals surface area contributed by atoms with Gasteiger partial charge in [0.25, 0.3) is 0 Å². The summed E-state index contributed by atoms with van der Waals surface area (Å²) in [5.41, 5.74) is 5.27. The highest BCUT2D eigenvalue weighted by Gasteiger charge is 2.20. The van der Waals surface area contributed by atoms with Crippen LogP contribution in [0.5, 0.6) is 11.5 Å². The fourth-order valence-electron chi connectivity index (χ4n) is 4.33. The van der Waals surface area contributed by atoms with Gasteiger partial charge in [0.2, 0.25) is 5.91 Å². The molecule has 1 aliphatic heterocycles. The van der Waals surface area contributed by atoms with Gasteiger partial charge >= 0.3 is 0 Å². The van der Waals surface area contributed by atoms with Gasteiger partial charge in [-0.05, 0) is 49.2 Å². The van der Waals surface area contributed by atoms with Gasteiger partial charge < -0.3 is 14.4 Å². The minimum atomic E-state index is 0.0377. The third-order valence-electron chi connectivity index (χ3n) is 6.39. The first-order valence-electron chi connectivity index (χ1n) is 12.0. The van der Waals surface area contributed by atoms with Gasteiger partial charge in [0, 0.05) is 63.2 Å². The molecule has 1 amide bonds. The van der Waals surface area contributed by atoms with E-state index in [0.717, 1.165) is 66.6 Å². The van der Waals surface area contributed by atoms with Crippen LogP contribution in [0.1, 0.15) is 27.9 Å². The van der Waals surface area contributed by atoms with Crippen molar-refractivity contribution in [2.45, 2.75) is 27.0 Å². The Morgan fingerprint density at radius 3 is 2.49 bits per heavy atom. The summed E-state index contributed by atoms with van der Waals surface area (Å²) in [7, 11) is 3.60. The number of carbonyl (C=O) groups is 1. The molecule has 0 aliphatic carbocycles. The Morgan fingerprint density at radius 2 is 1.80 bits per heavy atom. The molecule has 4 rings (SSSR count). The largest absolute Gasteiger partial charge is 0.496 e. The standard InChI is InChI=1S/C28H34N4O3/c1-21-7-5-6-8-26(21)35-20-24-17-23(9-11-27(24)34-4)10-12-28(33)32-15-13-31(14-16-32)19-25-18-30(3)29-22(25)2/h5-12,17-18H,13-16,19-20H2,1-4H3/b12-10+. The van der Waals surface area contributed by atoms with E-state index in [4.69, 9.17) is 9.47 Å². The molecule has 1 aliphatic rings. The Morgan fingerprint density at radius 1 is 1.03 bits per heavy atom. The summed E-state index contributed by atoms with van der Waals surface area (Å²) in [4.78, 5) is 17.1. The van der Waals surface area contributed by atoms with Crippen LogP contribution >= 0.6 is 0 Å². The topological polar surface area (TPSA) is 59.8 Å². The summed E-state index contributed by atoms with van der Waals surface area (Å²) < 4.78 is 13.4. The number of para-hydroxylation sites is 1. The number of amides is 1. The second-order valence-electron chi connectivity index (χ2n) is 8.97. The second kappa shape index (κ2) is 11.2. The molecule has 7 nitrogen and oxygen atoms in total. The normalized spacial score (nSPS) is 14.5. The molecule has 0 atom stereocenters. The molecule has 1 aromatic heterocycles. The van der Waals surface area contributed by atoms with Gasteiger partial charge in [0.1, 0.15) is 18.1 Å². The molecule has 0 radical (unpaired) electrons. The molecular formula is C28H34N4O3. The van der Waals surface area contributed by atoms with E-state index >= 15 is 0 Å². The monoisotopic (exact) mass is 474 g/mol. The molecule has 0 bridgehead atoms. The van der Waals surface area contributed by atoms with Crippen molar-refractivity contribution in [1.29, 1.82) is 0 Å². The molecule has 0 spiro atoms. The molecule has 2 heterocycles. The summed E-state index contributed by atoms with van der Waals surface area (Å²) in [5.74, 6) is 1.65. The van der Waals surface area contributed by atoms with Gasteiger partial charge in [-0.3, -0.25) is 14.4 Å². The number of methoxy groups -OCH3 is 1. The zero-order chi connectivity index (χ0) is 24.8. The van der Waals surface area contributed by atoms with E-state index in [-0.39, 0.29) is 5.91 Å². The highest BCUT2D eigenvalue weighted by molar-refractivity contribution is 5.91. The van der Waals surface area contributed by atoms with Gasteiger partial charge in [-0.1, -0.05) is 24.3 Å². The lowest BCUT2D eigenvalue weighted by Gasteiger charge is -2.34. The van der Waals surface area contributed by atoms with Gasteiger partial charge in [0.05, 0.1) is 12.8 Å². The van der Waals surface area contributed by atoms with E-state index in [9.17, 15) is 4.79 Å². The van der Waals surface area contributed by atoms with Crippen LogP contribution in [-0.4, -0.2) is 58.8 Å². The van der Waals surface area contributed by atoms with Crippen molar-refractivity contribution in [3.05, 3.63) is 82.7 Å². The van der Waals surface area contributed by atoms with Crippen molar-refractivity contribution in [2.75, 3.05) is 33.3 Å². The maximum absolute atomic E-state index is 12.8. The number of ether oxygens (including phenoxy) is 2. The number of aromatic nitrogens is 2. The summed E-state index contributed by atoms with van der Waals surface area (Å²) in [6, 6.07) is 13.8. The predicted octanol–water partition coefficient (Wildman–Crippen LogP) is 3.98. The maximum Gasteiger partial charge on any atom is 0.246 e. The fourth-order valence-corrected chi connectivity index (χ4v) is 4.33. The molecule has 1 saturated heterocycles. The molecule has 35 heavy (non-hydrogen) atoms. The lowest BCUT2D eigenvalue weighted by Crippen LogP contribution is -2.47. The minimum absolute atomic E-state index is 0.0377. The van der Waals surface area contributed by atoms with E-state index in [1.165, 1.54) is 5.56 Å². The first-order chi connectivity index (χ1) is 16.9. The third-order valence-corrected chi connectivity index (χ3v) is 6.39. The maximum atomic E-state index is 12.8. The van der Waals surface area contributed by atoms with Crippen LogP contribution in [-0.2, 0) is 25.0 Å². The summed E-state index contributed by atoms with van der Waals surface area (Å²) in [5, 5.41) is 4.42. The van der Waals surface area contributed by atoms with Crippen LogP contribution in [0, 0.1) is 13.8 Å². The molecule has 2 aromatic carbocycles. The van der Waals surface area contributed by atoms with Crippen molar-refractivity contribution < 1.29 is 14.3 Å². The molecule has 0 N–H and O–H groups in total. The number of hydrogen-bond donors (Lipinski definition) is 0. The van der Waals surface area contributed by atoms with E-state index in [0.29, 0.717) is 6.61 Å². The van der Waals surface area contributed by atoms with Crippen LogP contribution < -0.4 is 9.47 Å². The van der Waals surface area contributed by atoms with Crippen molar-refractivity contribution in [1.82, 2.24) is 19.6 Å². The number of piperazine rings is 1. The van der Waals surface area contributed by atoms with Gasteiger partial charge in [0.15, 0.2) is 0 Å². The van der Waals surface area contributed by atoms with Crippen LogP contribution in [0.15, 0.2) is 54.7 Å². The van der Waals surface area contributed by atoms with E-state index in [2.05, 4.69) is 16.2 Å². The van der Waals surface area contributed by atoms with Crippen molar-refractivity contribution >= 4 is 12.0 Å². The number of aryl methyl sites for hydroxylation is 3. The van der Waals surface area contributed by atoms with E-state index in [1.807, 2.05) is 79.0 Å². The molecular weight excluding hydrogens is 440 g/mol. The molecule has 1 fully saturated rings. The molecule has 0 unspecified atom stereocenters. The predicted molar refractivity (Wildman–Crippen MR) is 137 cm³/mol. The highest BCUT2D eigenvalue weighted by Crippen LogP contribution is 2.24. The average Bonchev–Trinajstić information content (AvgIpc) is 3.18. The molecule has 3 aromatic rings. The first kappa shape index (κ1) is 24.5. The van der Waals surface area contributed by atoms with Gasteiger partial charge in [-0.25, -0.2) is 0 Å². The molecule has 184 valence electrons. The van der Waals surface area contributed by atoms with Crippen molar-refractivity contribution in [3.63, 3.8) is 0 Å². The highest BCUT2D eigenvalue weighted by atomic mass is 16.5. The van der Waals surface area contributed by atoms with Crippen LogP contribution in [0.2, 0.25) is 0 Å². The zero-order valence-corrected chi connectivity index (χ0v) is 21.0. The minimum Gasteiger partial charge on any atom is -0.496 e. The van der Waals surface area contributed by atoms with Crippen LogP contribution in [0.4, 0.5) is 0 Å². The van der Waals surface area contributed by atoms with E-state index < -0.39 is 0 Å². The summed E-state index contributed by atoms with van der Waals surface area (Å²) in [6.45, 7) is 8.49. The number of nitrogens with zero attached hydrogens (tertiary/aromatic N) is 4. The Labute approximate surface area is 207 Å². The third kappa shape index (κ3) is 6.31. The number of rotatable bonds is 8. The zero-order valence-electron chi connectivity index (χ0n) is 21.0. The van der Waals surface area contributed by atoms with Crippen molar-refractivity contribution in [3.8, 4) is 11.5 Å². The smallest absolute Gasteiger partial charge is 0.246 e. The first-order valence-corrected chi connectivity index (χ1v) is 12.0. The molecule has 7 heteroatoms. The van der Waals surface area contributed by atoms with Gasteiger partial charge in [-0.15, -0.1) is 0 Å². The van der Waals surface area contributed by atoms with E-state index in [1.54, 1.807) is 13.2 Å². The Hall–Kier alpha value is -3.58. The summed E-state index contributed by atoms with van der Waals surface area (Å²) >= 11 is 0. The van der Waals surface area contributed by atoms with Gasteiger partial charge in [-0.2, -0.15) is 5.10 Å². The Balaban J connectivity index is 1.33. The number of carbonyl (C=O) groups excluding carboxylic acids is 1. The number of hydrogen-bond acceptors (Lipinski definition) is 5. The van der Waals surface area contributed by atoms with Crippen LogP contribution in [0.3, 0.4) is 0 Å². The fraction of sp³-hybridized carbons (Fsp3) is 0.357. The summed E-state index contributed by atoms with van der Waals surface area (Å²) in [6.07, 6.45) is 5.60. The lowest BCUT2D eigenvalue weighted by atomic mass is 10.1.